The van der Waals surface area contributed by atoms with Gasteiger partial charge in [-0.3, -0.25) is 0 Å². The van der Waals surface area contributed by atoms with E-state index in [2.05, 4.69) is 47.3 Å². The van der Waals surface area contributed by atoms with Gasteiger partial charge in [0.25, 0.3) is 0 Å². The fourth-order valence-corrected chi connectivity index (χ4v) is 5.53. The van der Waals surface area contributed by atoms with Crippen LogP contribution in [0.1, 0.15) is 28.2 Å². The maximum atomic E-state index is 13.4. The zero-order chi connectivity index (χ0) is 20.7. The minimum Gasteiger partial charge on any atom is -0.496 e. The molecule has 0 aromatic heterocycles. The van der Waals surface area contributed by atoms with Crippen molar-refractivity contribution in [2.45, 2.75) is 23.7 Å². The Morgan fingerprint density at radius 2 is 1.73 bits per heavy atom. The summed E-state index contributed by atoms with van der Waals surface area (Å²) in [6.07, 6.45) is -0.266. The third kappa shape index (κ3) is 3.21. The van der Waals surface area contributed by atoms with Crippen molar-refractivity contribution in [2.75, 3.05) is 12.0 Å². The Balaban J connectivity index is 1.57. The highest BCUT2D eigenvalue weighted by Gasteiger charge is 2.50. The highest BCUT2D eigenvalue weighted by Crippen LogP contribution is 2.54. The number of benzene rings is 3. The van der Waals surface area contributed by atoms with Crippen LogP contribution in [-0.4, -0.2) is 18.2 Å². The van der Waals surface area contributed by atoms with Gasteiger partial charge in [-0.2, -0.15) is 0 Å². The quantitative estimate of drug-likeness (QED) is 0.530. The van der Waals surface area contributed by atoms with Crippen LogP contribution in [0, 0.1) is 12.7 Å². The minimum absolute atomic E-state index is 0.00771. The Labute approximate surface area is 179 Å². The van der Waals surface area contributed by atoms with Crippen LogP contribution >= 0.6 is 11.8 Å². The summed E-state index contributed by atoms with van der Waals surface area (Å²) in [7, 11) is 1.69. The van der Waals surface area contributed by atoms with E-state index < -0.39 is 0 Å². The summed E-state index contributed by atoms with van der Waals surface area (Å²) < 4.78 is 19.1. The summed E-state index contributed by atoms with van der Waals surface area (Å²) in [5, 5.41) is 4.45. The Kier molecular flexibility index (Phi) is 4.87. The van der Waals surface area contributed by atoms with Crippen LogP contribution in [0.4, 0.5) is 10.1 Å². The average Bonchev–Trinajstić information content (AvgIpc) is 3.34. The number of amidine groups is 1. The molecule has 152 valence electrons. The second kappa shape index (κ2) is 7.69. The first-order valence-corrected chi connectivity index (χ1v) is 10.7. The van der Waals surface area contributed by atoms with E-state index in [-0.39, 0.29) is 22.5 Å². The Morgan fingerprint density at radius 1 is 1.00 bits per heavy atom. The fraction of sp³-hybridized carbons (Fsp3) is 0.208. The molecule has 5 rings (SSSR count). The van der Waals surface area contributed by atoms with Crippen molar-refractivity contribution in [3.8, 4) is 5.75 Å². The van der Waals surface area contributed by atoms with Crippen LogP contribution in [0.3, 0.4) is 0 Å². The largest absolute Gasteiger partial charge is 0.496 e. The Bertz CT molecular complexity index is 1090. The molecule has 4 nitrogen and oxygen atoms in total. The number of para-hydroxylation sites is 1. The zero-order valence-electron chi connectivity index (χ0n) is 16.7. The van der Waals surface area contributed by atoms with E-state index in [0.717, 1.165) is 28.4 Å². The molecule has 0 aliphatic carbocycles. The van der Waals surface area contributed by atoms with Crippen molar-refractivity contribution in [3.63, 3.8) is 0 Å². The average molecular weight is 421 g/mol. The summed E-state index contributed by atoms with van der Waals surface area (Å²) in [5.74, 6) is 1.45. The molecule has 0 bridgehead atoms. The molecule has 0 saturated carbocycles. The molecule has 0 N–H and O–H groups in total. The number of oxime groups is 1. The van der Waals surface area contributed by atoms with Crippen LogP contribution in [-0.2, 0) is 4.84 Å². The fourth-order valence-electron chi connectivity index (χ4n) is 3.93. The van der Waals surface area contributed by atoms with Gasteiger partial charge >= 0.3 is 0 Å². The van der Waals surface area contributed by atoms with Gasteiger partial charge in [0.15, 0.2) is 11.9 Å². The van der Waals surface area contributed by atoms with Gasteiger partial charge < -0.3 is 14.5 Å². The van der Waals surface area contributed by atoms with Gasteiger partial charge in [-0.1, -0.05) is 53.2 Å². The van der Waals surface area contributed by atoms with Crippen LogP contribution < -0.4 is 9.64 Å². The monoisotopic (exact) mass is 420 g/mol. The predicted octanol–water partition coefficient (Wildman–Crippen LogP) is 5.85. The van der Waals surface area contributed by atoms with Crippen LogP contribution in [0.5, 0.6) is 5.75 Å². The summed E-state index contributed by atoms with van der Waals surface area (Å²) in [5.41, 5.74) is 4.25. The standard InChI is InChI=1S/C24H21FN2O2S/c1-15-7-13-18(14-8-15)27-23-22(21(29-26-23)16-9-11-17(25)12-10-16)30-24(27)19-5-3-4-6-20(19)28-2/h3-14,21-22,24H,1-2H3. The summed E-state index contributed by atoms with van der Waals surface area (Å²) >= 11 is 1.77. The number of hydrogen-bond acceptors (Lipinski definition) is 5. The van der Waals surface area contributed by atoms with Gasteiger partial charge in [0.05, 0.1) is 7.11 Å². The molecule has 2 aliphatic heterocycles. The maximum Gasteiger partial charge on any atom is 0.171 e. The van der Waals surface area contributed by atoms with Crippen LogP contribution in [0.25, 0.3) is 0 Å². The molecule has 3 atom stereocenters. The molecule has 1 fully saturated rings. The highest BCUT2D eigenvalue weighted by atomic mass is 32.2. The molecule has 1 saturated heterocycles. The van der Waals surface area contributed by atoms with Gasteiger partial charge in [0, 0.05) is 11.3 Å². The SMILES string of the molecule is COc1ccccc1C1SC2C(=NOC2c2ccc(F)cc2)N1c1ccc(C)cc1. The van der Waals surface area contributed by atoms with Crippen LogP contribution in [0.15, 0.2) is 78.0 Å². The predicted molar refractivity (Wildman–Crippen MR) is 118 cm³/mol. The van der Waals surface area contributed by atoms with E-state index in [9.17, 15) is 4.39 Å². The number of methoxy groups -OCH3 is 1. The van der Waals surface area contributed by atoms with E-state index in [1.165, 1.54) is 17.7 Å². The molecule has 6 heteroatoms. The first-order chi connectivity index (χ1) is 14.7. The first kappa shape index (κ1) is 19.0. The van der Waals surface area contributed by atoms with E-state index >= 15 is 0 Å². The molecule has 0 radical (unpaired) electrons. The van der Waals surface area contributed by atoms with Crippen molar-refractivity contribution in [1.29, 1.82) is 0 Å². The number of anilines is 1. The lowest BCUT2D eigenvalue weighted by Gasteiger charge is -2.27. The third-order valence-corrected chi connectivity index (χ3v) is 6.94. The molecule has 2 heterocycles. The topological polar surface area (TPSA) is 34.1 Å². The molecule has 0 amide bonds. The Morgan fingerprint density at radius 3 is 2.47 bits per heavy atom. The molecule has 0 spiro atoms. The van der Waals surface area contributed by atoms with Crippen molar-refractivity contribution in [3.05, 3.63) is 95.3 Å². The number of fused-ring (bicyclic) bond motifs is 1. The minimum atomic E-state index is -0.266. The van der Waals surface area contributed by atoms with Gasteiger partial charge in [-0.15, -0.1) is 11.8 Å². The number of thioether (sulfide) groups is 1. The number of halogens is 1. The van der Waals surface area contributed by atoms with Crippen molar-refractivity contribution >= 4 is 23.3 Å². The van der Waals surface area contributed by atoms with Crippen molar-refractivity contribution < 1.29 is 14.0 Å². The second-order valence-corrected chi connectivity index (χ2v) is 8.61. The van der Waals surface area contributed by atoms with Gasteiger partial charge in [-0.05, 0) is 42.8 Å². The van der Waals surface area contributed by atoms with Gasteiger partial charge in [0.1, 0.15) is 22.2 Å². The lowest BCUT2D eigenvalue weighted by atomic mass is 10.0. The normalized spacial score (nSPS) is 22.4. The molecule has 3 aromatic rings. The summed E-state index contributed by atoms with van der Waals surface area (Å²) in [6, 6.07) is 22.9. The zero-order valence-corrected chi connectivity index (χ0v) is 17.5. The molecule has 3 unspecified atom stereocenters. The molecule has 3 aromatic carbocycles. The van der Waals surface area contributed by atoms with E-state index in [1.807, 2.05) is 18.2 Å². The third-order valence-electron chi connectivity index (χ3n) is 5.46. The van der Waals surface area contributed by atoms with Gasteiger partial charge in [-0.25, -0.2) is 4.39 Å². The van der Waals surface area contributed by atoms with Crippen molar-refractivity contribution in [2.24, 2.45) is 5.16 Å². The van der Waals surface area contributed by atoms with Crippen LogP contribution in [0.2, 0.25) is 0 Å². The molecular formula is C24H21FN2O2S. The highest BCUT2D eigenvalue weighted by molar-refractivity contribution is 8.01. The summed E-state index contributed by atoms with van der Waals surface area (Å²) in [4.78, 5) is 8.05. The number of ether oxygens (including phenoxy) is 1. The number of hydrogen-bond donors (Lipinski definition) is 0. The number of nitrogens with zero attached hydrogens (tertiary/aromatic N) is 2. The molecular weight excluding hydrogens is 399 g/mol. The molecule has 30 heavy (non-hydrogen) atoms. The summed E-state index contributed by atoms with van der Waals surface area (Å²) in [6.45, 7) is 2.07. The molecule has 2 aliphatic rings. The smallest absolute Gasteiger partial charge is 0.171 e. The first-order valence-electron chi connectivity index (χ1n) is 9.79. The lowest BCUT2D eigenvalue weighted by molar-refractivity contribution is 0.0880. The number of aryl methyl sites for hydroxylation is 1. The van der Waals surface area contributed by atoms with Gasteiger partial charge in [0.2, 0.25) is 0 Å². The van der Waals surface area contributed by atoms with Crippen molar-refractivity contribution in [1.82, 2.24) is 0 Å². The lowest BCUT2D eigenvalue weighted by Crippen LogP contribution is -2.30. The van der Waals surface area contributed by atoms with E-state index in [4.69, 9.17) is 9.57 Å². The maximum absolute atomic E-state index is 13.4. The van der Waals surface area contributed by atoms with E-state index in [1.54, 1.807) is 31.0 Å². The second-order valence-electron chi connectivity index (χ2n) is 7.38. The number of rotatable bonds is 4. The van der Waals surface area contributed by atoms with E-state index in [0.29, 0.717) is 0 Å². The Hall–Kier alpha value is -2.99.